The van der Waals surface area contributed by atoms with Crippen molar-refractivity contribution in [2.24, 2.45) is 17.3 Å². The van der Waals surface area contributed by atoms with Gasteiger partial charge in [-0.15, -0.1) is 0 Å². The molecule has 3 heteroatoms. The Kier molecular flexibility index (Phi) is 4.00. The van der Waals surface area contributed by atoms with Crippen LogP contribution >= 0.6 is 0 Å². The lowest BCUT2D eigenvalue weighted by atomic mass is 9.71. The average molecular weight is 253 g/mol. The Labute approximate surface area is 111 Å². The van der Waals surface area contributed by atoms with Gasteiger partial charge in [0.1, 0.15) is 6.10 Å². The maximum atomic E-state index is 12.2. The second-order valence-electron chi connectivity index (χ2n) is 7.11. The second kappa shape index (κ2) is 5.20. The summed E-state index contributed by atoms with van der Waals surface area (Å²) in [6.45, 7) is 9.84. The number of carbonyl (C=O) groups is 1. The van der Waals surface area contributed by atoms with Crippen LogP contribution in [0.4, 0.5) is 0 Å². The van der Waals surface area contributed by atoms with Crippen molar-refractivity contribution in [1.82, 2.24) is 5.32 Å². The van der Waals surface area contributed by atoms with E-state index in [0.29, 0.717) is 11.3 Å². The van der Waals surface area contributed by atoms with Gasteiger partial charge < -0.3 is 10.1 Å². The van der Waals surface area contributed by atoms with Crippen molar-refractivity contribution in [2.75, 3.05) is 6.54 Å². The molecule has 4 atom stereocenters. The number of carbonyl (C=O) groups excluding carboxylic acids is 1. The number of hydrogen-bond donors (Lipinski definition) is 1. The molecule has 1 aliphatic carbocycles. The van der Waals surface area contributed by atoms with E-state index in [1.807, 2.05) is 0 Å². The van der Waals surface area contributed by atoms with Crippen molar-refractivity contribution in [3.63, 3.8) is 0 Å². The minimum Gasteiger partial charge on any atom is -0.462 e. The highest BCUT2D eigenvalue weighted by Gasteiger charge is 2.37. The van der Waals surface area contributed by atoms with Crippen molar-refractivity contribution >= 4 is 5.97 Å². The summed E-state index contributed by atoms with van der Waals surface area (Å²) < 4.78 is 5.77. The molecule has 2 aliphatic rings. The summed E-state index contributed by atoms with van der Waals surface area (Å²) in [6.07, 6.45) is 4.33. The molecule has 0 aromatic heterocycles. The van der Waals surface area contributed by atoms with Crippen LogP contribution in [0.3, 0.4) is 0 Å². The van der Waals surface area contributed by atoms with Crippen LogP contribution < -0.4 is 5.32 Å². The Morgan fingerprint density at radius 3 is 2.56 bits per heavy atom. The summed E-state index contributed by atoms with van der Waals surface area (Å²) >= 11 is 0. The molecule has 0 bridgehead atoms. The van der Waals surface area contributed by atoms with Crippen LogP contribution in [-0.2, 0) is 9.53 Å². The van der Waals surface area contributed by atoms with Crippen molar-refractivity contribution in [2.45, 2.75) is 65.5 Å². The summed E-state index contributed by atoms with van der Waals surface area (Å²) in [4.78, 5) is 12.2. The van der Waals surface area contributed by atoms with Gasteiger partial charge in [-0.05, 0) is 50.5 Å². The molecule has 0 spiro atoms. The van der Waals surface area contributed by atoms with Crippen LogP contribution in [0.5, 0.6) is 0 Å². The van der Waals surface area contributed by atoms with Crippen LogP contribution in [0.2, 0.25) is 0 Å². The highest BCUT2D eigenvalue weighted by atomic mass is 16.5. The highest BCUT2D eigenvalue weighted by Crippen LogP contribution is 2.40. The SMILES string of the molecule is CC1CC(OC(=O)C2CCNC2C)CC(C)(C)C1. The van der Waals surface area contributed by atoms with Crippen LogP contribution in [0.1, 0.15) is 53.4 Å². The molecular weight excluding hydrogens is 226 g/mol. The van der Waals surface area contributed by atoms with Gasteiger partial charge >= 0.3 is 5.97 Å². The Balaban J connectivity index is 1.90. The zero-order chi connectivity index (χ0) is 13.3. The van der Waals surface area contributed by atoms with Crippen molar-refractivity contribution in [1.29, 1.82) is 0 Å². The van der Waals surface area contributed by atoms with Gasteiger partial charge in [-0.1, -0.05) is 20.8 Å². The van der Waals surface area contributed by atoms with Crippen molar-refractivity contribution < 1.29 is 9.53 Å². The fourth-order valence-corrected chi connectivity index (χ4v) is 3.78. The lowest BCUT2D eigenvalue weighted by Gasteiger charge is -2.38. The van der Waals surface area contributed by atoms with Gasteiger partial charge in [-0.2, -0.15) is 0 Å². The van der Waals surface area contributed by atoms with Gasteiger partial charge in [0.25, 0.3) is 0 Å². The topological polar surface area (TPSA) is 38.3 Å². The molecule has 1 saturated heterocycles. The normalized spacial score (nSPS) is 39.6. The minimum atomic E-state index is 0.0161. The molecule has 2 rings (SSSR count). The minimum absolute atomic E-state index is 0.0161. The van der Waals surface area contributed by atoms with E-state index in [0.717, 1.165) is 25.8 Å². The third-order valence-corrected chi connectivity index (χ3v) is 4.46. The first kappa shape index (κ1) is 13.9. The summed E-state index contributed by atoms with van der Waals surface area (Å²) in [7, 11) is 0. The van der Waals surface area contributed by atoms with Gasteiger partial charge in [-0.25, -0.2) is 0 Å². The molecule has 1 heterocycles. The van der Waals surface area contributed by atoms with E-state index >= 15 is 0 Å². The summed E-state index contributed by atoms with van der Waals surface area (Å²) in [5.41, 5.74) is 0.308. The first-order valence-corrected chi connectivity index (χ1v) is 7.31. The molecule has 0 aromatic rings. The number of nitrogens with one attached hydrogen (secondary N) is 1. The van der Waals surface area contributed by atoms with E-state index in [2.05, 4.69) is 33.0 Å². The maximum Gasteiger partial charge on any atom is 0.310 e. The lowest BCUT2D eigenvalue weighted by molar-refractivity contribution is -0.158. The largest absolute Gasteiger partial charge is 0.462 e. The van der Waals surface area contributed by atoms with Gasteiger partial charge in [-0.3, -0.25) is 4.79 Å². The Hall–Kier alpha value is -0.570. The molecule has 0 aromatic carbocycles. The third-order valence-electron chi connectivity index (χ3n) is 4.46. The van der Waals surface area contributed by atoms with Crippen LogP contribution in [0, 0.1) is 17.3 Å². The van der Waals surface area contributed by atoms with Crippen molar-refractivity contribution in [3.8, 4) is 0 Å². The first-order chi connectivity index (χ1) is 8.37. The smallest absolute Gasteiger partial charge is 0.310 e. The number of ether oxygens (including phenoxy) is 1. The number of hydrogen-bond acceptors (Lipinski definition) is 3. The summed E-state index contributed by atoms with van der Waals surface area (Å²) in [5.74, 6) is 0.735. The van der Waals surface area contributed by atoms with E-state index in [1.165, 1.54) is 6.42 Å². The van der Waals surface area contributed by atoms with Crippen LogP contribution in [0.25, 0.3) is 0 Å². The van der Waals surface area contributed by atoms with E-state index in [9.17, 15) is 4.79 Å². The van der Waals surface area contributed by atoms with Gasteiger partial charge in [0.2, 0.25) is 0 Å². The van der Waals surface area contributed by atoms with Crippen LogP contribution in [-0.4, -0.2) is 24.7 Å². The van der Waals surface area contributed by atoms with E-state index in [4.69, 9.17) is 4.74 Å². The molecular formula is C15H27NO2. The highest BCUT2D eigenvalue weighted by molar-refractivity contribution is 5.73. The number of esters is 1. The van der Waals surface area contributed by atoms with Crippen LogP contribution in [0.15, 0.2) is 0 Å². The predicted octanol–water partition coefficient (Wildman–Crippen LogP) is 2.74. The maximum absolute atomic E-state index is 12.2. The third kappa shape index (κ3) is 3.25. The average Bonchev–Trinajstić information content (AvgIpc) is 2.60. The monoisotopic (exact) mass is 253 g/mol. The molecule has 0 radical (unpaired) electrons. The first-order valence-electron chi connectivity index (χ1n) is 7.31. The Morgan fingerprint density at radius 2 is 2.00 bits per heavy atom. The zero-order valence-corrected chi connectivity index (χ0v) is 12.2. The molecule has 2 fully saturated rings. The Bertz CT molecular complexity index is 314. The summed E-state index contributed by atoms with van der Waals surface area (Å²) in [5, 5.41) is 3.31. The molecule has 3 nitrogen and oxygen atoms in total. The lowest BCUT2D eigenvalue weighted by Crippen LogP contribution is -2.37. The number of rotatable bonds is 2. The predicted molar refractivity (Wildman–Crippen MR) is 72.2 cm³/mol. The van der Waals surface area contributed by atoms with Gasteiger partial charge in [0.15, 0.2) is 0 Å². The van der Waals surface area contributed by atoms with E-state index in [1.54, 1.807) is 0 Å². The molecule has 1 saturated carbocycles. The second-order valence-corrected chi connectivity index (χ2v) is 7.11. The quantitative estimate of drug-likeness (QED) is 0.769. The fraction of sp³-hybridized carbons (Fsp3) is 0.933. The van der Waals surface area contributed by atoms with Gasteiger partial charge in [0.05, 0.1) is 5.92 Å². The zero-order valence-electron chi connectivity index (χ0n) is 12.2. The van der Waals surface area contributed by atoms with E-state index in [-0.39, 0.29) is 24.0 Å². The molecule has 104 valence electrons. The summed E-state index contributed by atoms with van der Waals surface area (Å²) in [6, 6.07) is 0.270. The van der Waals surface area contributed by atoms with E-state index < -0.39 is 0 Å². The molecule has 18 heavy (non-hydrogen) atoms. The molecule has 0 amide bonds. The molecule has 1 N–H and O–H groups in total. The van der Waals surface area contributed by atoms with Gasteiger partial charge in [0, 0.05) is 6.04 Å². The standard InChI is InChI=1S/C15H27NO2/c1-10-7-12(9-15(3,4)8-10)18-14(17)13-5-6-16-11(13)2/h10-13,16H,5-9H2,1-4H3. The van der Waals surface area contributed by atoms with Crippen molar-refractivity contribution in [3.05, 3.63) is 0 Å². The Morgan fingerprint density at radius 1 is 1.28 bits per heavy atom. The molecule has 4 unspecified atom stereocenters. The molecule has 1 aliphatic heterocycles. The fourth-order valence-electron chi connectivity index (χ4n) is 3.78.